The van der Waals surface area contributed by atoms with Gasteiger partial charge >= 0.3 is 12.1 Å². The second-order valence-electron chi connectivity index (χ2n) is 7.43. The van der Waals surface area contributed by atoms with E-state index in [1.54, 1.807) is 40.5 Å². The zero-order valence-electron chi connectivity index (χ0n) is 17.6. The van der Waals surface area contributed by atoms with Crippen LogP contribution in [0, 0.1) is 0 Å². The van der Waals surface area contributed by atoms with E-state index in [1.807, 2.05) is 0 Å². The highest BCUT2D eigenvalue weighted by Crippen LogP contribution is 2.32. The molecule has 0 radical (unpaired) electrons. The lowest BCUT2D eigenvalue weighted by atomic mass is 10.1. The molecule has 1 aliphatic heterocycles. The first-order chi connectivity index (χ1) is 15.7. The molecule has 1 aromatic carbocycles. The molecule has 174 valence electrons. The molecule has 3 heterocycles. The van der Waals surface area contributed by atoms with Gasteiger partial charge in [0, 0.05) is 56.1 Å². The maximum Gasteiger partial charge on any atom is 0.416 e. The highest BCUT2D eigenvalue weighted by molar-refractivity contribution is 7.13. The van der Waals surface area contributed by atoms with Gasteiger partial charge in [-0.25, -0.2) is 9.78 Å². The molecule has 1 aliphatic rings. The van der Waals surface area contributed by atoms with Gasteiger partial charge in [-0.1, -0.05) is 6.07 Å². The number of alkyl halides is 3. The number of benzene rings is 1. The number of hydrogen-bond donors (Lipinski definition) is 0. The van der Waals surface area contributed by atoms with Gasteiger partial charge < -0.3 is 14.5 Å². The summed E-state index contributed by atoms with van der Waals surface area (Å²) in [6.07, 6.45) is -0.999. The van der Waals surface area contributed by atoms with Crippen LogP contribution in [0.15, 0.2) is 42.0 Å². The summed E-state index contributed by atoms with van der Waals surface area (Å²) in [5.74, 6) is -1.06. The van der Waals surface area contributed by atoms with E-state index in [9.17, 15) is 22.8 Å². The Morgan fingerprint density at radius 3 is 2.61 bits per heavy atom. The summed E-state index contributed by atoms with van der Waals surface area (Å²) < 4.78 is 45.6. The van der Waals surface area contributed by atoms with Crippen LogP contribution >= 0.6 is 11.3 Å². The molecule has 0 aliphatic carbocycles. The van der Waals surface area contributed by atoms with Crippen molar-refractivity contribution in [2.75, 3.05) is 37.7 Å². The van der Waals surface area contributed by atoms with Gasteiger partial charge in [0.15, 0.2) is 12.3 Å². The molecular weight excluding hydrogens is 459 g/mol. The average molecular weight is 479 g/mol. The Kier molecular flexibility index (Phi) is 6.36. The van der Waals surface area contributed by atoms with Crippen molar-refractivity contribution in [3.05, 3.63) is 53.3 Å². The topological polar surface area (TPSA) is 80.6 Å². The molecule has 0 bridgehead atoms. The Morgan fingerprint density at radius 1 is 1.18 bits per heavy atom. The summed E-state index contributed by atoms with van der Waals surface area (Å²) in [4.78, 5) is 32.3. The van der Waals surface area contributed by atoms with E-state index >= 15 is 0 Å². The molecule has 0 saturated carbocycles. The Bertz CT molecular complexity index is 1150. The molecule has 1 fully saturated rings. The number of ether oxygens (including phenoxy) is 1. The SMILES string of the molecule is Cn1cc(-c2nc(C(=O)OCC(=O)N3CCN(c4cccc(C(F)(F)F)c4)CC3)cs2)cn1. The fourth-order valence-electron chi connectivity index (χ4n) is 3.42. The van der Waals surface area contributed by atoms with E-state index in [0.29, 0.717) is 36.9 Å². The molecular formula is C21H20F3N5O3S. The molecule has 0 atom stereocenters. The van der Waals surface area contributed by atoms with Crippen LogP contribution in [0.2, 0.25) is 0 Å². The molecule has 0 unspecified atom stereocenters. The minimum atomic E-state index is -4.41. The van der Waals surface area contributed by atoms with Gasteiger partial charge in [0.2, 0.25) is 0 Å². The number of amides is 1. The Balaban J connectivity index is 1.27. The summed E-state index contributed by atoms with van der Waals surface area (Å²) in [5.41, 5.74) is 0.632. The fourth-order valence-corrected chi connectivity index (χ4v) is 4.18. The van der Waals surface area contributed by atoms with Crippen LogP contribution in [-0.2, 0) is 22.8 Å². The van der Waals surface area contributed by atoms with E-state index in [2.05, 4.69) is 10.1 Å². The Hall–Kier alpha value is -3.41. The van der Waals surface area contributed by atoms with Crippen molar-refractivity contribution in [2.24, 2.45) is 7.05 Å². The standard InChI is InChI=1S/C21H20F3N5O3S/c1-27-11-14(10-25-27)19-26-17(13-33-19)20(31)32-12-18(30)29-7-5-28(6-8-29)16-4-2-3-15(9-16)21(22,23)24/h2-4,9-11,13H,5-8,12H2,1H3. The van der Waals surface area contributed by atoms with Gasteiger partial charge in [0.1, 0.15) is 5.01 Å². The number of carbonyl (C=O) groups excluding carboxylic acids is 2. The monoisotopic (exact) mass is 479 g/mol. The van der Waals surface area contributed by atoms with E-state index in [4.69, 9.17) is 4.74 Å². The van der Waals surface area contributed by atoms with Gasteiger partial charge in [-0.3, -0.25) is 9.48 Å². The molecule has 2 aromatic heterocycles. The van der Waals surface area contributed by atoms with Crippen molar-refractivity contribution in [1.82, 2.24) is 19.7 Å². The molecule has 0 N–H and O–H groups in total. The quantitative estimate of drug-likeness (QED) is 0.524. The smallest absolute Gasteiger partial charge is 0.416 e. The van der Waals surface area contributed by atoms with Gasteiger partial charge in [-0.2, -0.15) is 18.3 Å². The van der Waals surface area contributed by atoms with E-state index in [1.165, 1.54) is 22.3 Å². The lowest BCUT2D eigenvalue weighted by molar-refractivity contribution is -0.137. The third-order valence-corrected chi connectivity index (χ3v) is 6.05. The molecule has 4 rings (SSSR count). The van der Waals surface area contributed by atoms with Crippen LogP contribution < -0.4 is 4.90 Å². The van der Waals surface area contributed by atoms with E-state index < -0.39 is 24.3 Å². The number of aromatic nitrogens is 3. The highest BCUT2D eigenvalue weighted by Gasteiger charge is 2.31. The number of piperazine rings is 1. The van der Waals surface area contributed by atoms with Crippen molar-refractivity contribution in [1.29, 1.82) is 0 Å². The summed E-state index contributed by atoms with van der Waals surface area (Å²) in [6.45, 7) is 0.953. The Labute approximate surface area is 191 Å². The fraction of sp³-hybridized carbons (Fsp3) is 0.333. The first kappa shape index (κ1) is 22.8. The minimum absolute atomic E-state index is 0.112. The van der Waals surface area contributed by atoms with Crippen LogP contribution in [0.5, 0.6) is 0 Å². The maximum absolute atomic E-state index is 12.9. The molecule has 8 nitrogen and oxygen atoms in total. The van der Waals surface area contributed by atoms with Crippen molar-refractivity contribution >= 4 is 28.9 Å². The number of rotatable bonds is 5. The second-order valence-corrected chi connectivity index (χ2v) is 8.29. The van der Waals surface area contributed by atoms with Crippen LogP contribution in [0.25, 0.3) is 10.6 Å². The van der Waals surface area contributed by atoms with Gasteiger partial charge in [0.25, 0.3) is 5.91 Å². The van der Waals surface area contributed by atoms with Crippen molar-refractivity contribution < 1.29 is 27.5 Å². The lowest BCUT2D eigenvalue weighted by Crippen LogP contribution is -2.50. The second kappa shape index (κ2) is 9.22. The number of aryl methyl sites for hydroxylation is 1. The third-order valence-electron chi connectivity index (χ3n) is 5.16. The molecule has 12 heteroatoms. The van der Waals surface area contributed by atoms with Gasteiger partial charge in [-0.05, 0) is 18.2 Å². The summed E-state index contributed by atoms with van der Waals surface area (Å²) in [5, 5.41) is 6.24. The number of halogens is 3. The zero-order valence-corrected chi connectivity index (χ0v) is 18.4. The third kappa shape index (κ3) is 5.33. The summed E-state index contributed by atoms with van der Waals surface area (Å²) >= 11 is 1.27. The number of carbonyl (C=O) groups is 2. The largest absolute Gasteiger partial charge is 0.451 e. The highest BCUT2D eigenvalue weighted by atomic mass is 32.1. The first-order valence-electron chi connectivity index (χ1n) is 10.0. The van der Waals surface area contributed by atoms with E-state index in [0.717, 1.165) is 17.7 Å². The van der Waals surface area contributed by atoms with Gasteiger partial charge in [-0.15, -0.1) is 11.3 Å². The molecule has 3 aromatic rings. The lowest BCUT2D eigenvalue weighted by Gasteiger charge is -2.36. The van der Waals surface area contributed by atoms with Crippen molar-refractivity contribution in [2.45, 2.75) is 6.18 Å². The number of hydrogen-bond acceptors (Lipinski definition) is 7. The predicted molar refractivity (Wildman–Crippen MR) is 115 cm³/mol. The minimum Gasteiger partial charge on any atom is -0.451 e. The zero-order chi connectivity index (χ0) is 23.6. The number of nitrogens with zero attached hydrogens (tertiary/aromatic N) is 5. The molecule has 1 saturated heterocycles. The average Bonchev–Trinajstić information content (AvgIpc) is 3.46. The number of thiazole rings is 1. The summed E-state index contributed by atoms with van der Waals surface area (Å²) in [6, 6.07) is 5.11. The van der Waals surface area contributed by atoms with Crippen molar-refractivity contribution in [3.8, 4) is 10.6 Å². The van der Waals surface area contributed by atoms with Crippen LogP contribution in [0.3, 0.4) is 0 Å². The molecule has 33 heavy (non-hydrogen) atoms. The predicted octanol–water partition coefficient (Wildman–Crippen LogP) is 3.07. The van der Waals surface area contributed by atoms with Crippen LogP contribution in [-0.4, -0.2) is 64.3 Å². The molecule has 0 spiro atoms. The Morgan fingerprint density at radius 2 is 1.94 bits per heavy atom. The maximum atomic E-state index is 12.9. The number of anilines is 1. The van der Waals surface area contributed by atoms with Crippen molar-refractivity contribution in [3.63, 3.8) is 0 Å². The summed E-state index contributed by atoms with van der Waals surface area (Å²) in [7, 11) is 1.78. The first-order valence-corrected chi connectivity index (χ1v) is 10.9. The van der Waals surface area contributed by atoms with Crippen LogP contribution in [0.1, 0.15) is 16.1 Å². The number of esters is 1. The molecule has 1 amide bonds. The normalized spacial score (nSPS) is 14.4. The van der Waals surface area contributed by atoms with Gasteiger partial charge in [0.05, 0.1) is 11.8 Å². The van der Waals surface area contributed by atoms with E-state index in [-0.39, 0.29) is 11.6 Å². The van der Waals surface area contributed by atoms with Crippen LogP contribution in [0.4, 0.5) is 18.9 Å².